The lowest BCUT2D eigenvalue weighted by Gasteiger charge is -2.05. The Labute approximate surface area is 155 Å². The van der Waals surface area contributed by atoms with Crippen molar-refractivity contribution in [3.63, 3.8) is 0 Å². The summed E-state index contributed by atoms with van der Waals surface area (Å²) in [5, 5.41) is 17.9. The van der Waals surface area contributed by atoms with Crippen LogP contribution in [0.3, 0.4) is 0 Å². The first-order valence-corrected chi connectivity index (χ1v) is 8.30. The lowest BCUT2D eigenvalue weighted by atomic mass is 10.2. The number of hydrogen-bond donors (Lipinski definition) is 2. The van der Waals surface area contributed by atoms with Crippen molar-refractivity contribution in [2.24, 2.45) is 0 Å². The number of hydrogen-bond acceptors (Lipinski definition) is 4. The maximum atomic E-state index is 8.93. The molecule has 0 amide bonds. The van der Waals surface area contributed by atoms with Gasteiger partial charge in [0.05, 0.1) is 40.1 Å². The summed E-state index contributed by atoms with van der Waals surface area (Å²) in [4.78, 5) is 20.8. The van der Waals surface area contributed by atoms with Crippen LogP contribution in [-0.4, -0.2) is 40.1 Å². The van der Waals surface area contributed by atoms with Gasteiger partial charge < -0.3 is 29.6 Å². The van der Waals surface area contributed by atoms with E-state index < -0.39 is 11.9 Å². The van der Waals surface area contributed by atoms with Crippen LogP contribution in [0.5, 0.6) is 0 Å². The van der Waals surface area contributed by atoms with E-state index in [1.807, 2.05) is 0 Å². The molecular formula is C20H28N2O4. The molecule has 2 rings (SSSR count). The van der Waals surface area contributed by atoms with Crippen LogP contribution in [0.25, 0.3) is 0 Å². The van der Waals surface area contributed by atoms with E-state index in [2.05, 4.69) is 88.9 Å². The number of carboxylic acids is 2. The van der Waals surface area contributed by atoms with Gasteiger partial charge >= 0.3 is 0 Å². The quantitative estimate of drug-likeness (QED) is 0.575. The van der Waals surface area contributed by atoms with Crippen molar-refractivity contribution in [2.45, 2.75) is 13.1 Å². The normalized spacial score (nSPS) is 9.62. The van der Waals surface area contributed by atoms with Crippen LogP contribution in [0, 0.1) is 0 Å². The standard InChI is InChI=1S/2C9H13N.C2H2O4/c2*1-10(2)8-9-6-4-3-5-7-9;3-1(4)2(5)6/h2*3-7H,8H2,1-2H3;(H,3,4)(H,5,6). The second-order valence-corrected chi connectivity index (χ2v) is 6.31. The third-order valence-electron chi connectivity index (χ3n) is 2.97. The van der Waals surface area contributed by atoms with Crippen molar-refractivity contribution in [1.29, 1.82) is 0 Å². The third-order valence-corrected chi connectivity index (χ3v) is 2.97. The maximum Gasteiger partial charge on any atom is 0.102 e. The highest BCUT2D eigenvalue weighted by Crippen LogP contribution is 1.94. The van der Waals surface area contributed by atoms with Crippen LogP contribution < -0.4 is 20.0 Å². The highest BCUT2D eigenvalue weighted by molar-refractivity contribution is 6.25. The zero-order valence-corrected chi connectivity index (χ0v) is 15.8. The zero-order chi connectivity index (χ0) is 19.9. The molecule has 0 saturated carbocycles. The maximum absolute atomic E-state index is 8.93. The molecule has 0 unspecified atom stereocenters. The summed E-state index contributed by atoms with van der Waals surface area (Å²) >= 11 is 0. The smallest absolute Gasteiger partial charge is 0.102 e. The molecule has 2 aromatic carbocycles. The average molecular weight is 360 g/mol. The van der Waals surface area contributed by atoms with Gasteiger partial charge in [0.1, 0.15) is 13.1 Å². The van der Waals surface area contributed by atoms with E-state index in [0.29, 0.717) is 0 Å². The second kappa shape index (κ2) is 13.6. The Kier molecular flexibility index (Phi) is 12.2. The van der Waals surface area contributed by atoms with Gasteiger partial charge in [0.2, 0.25) is 0 Å². The molecule has 2 N–H and O–H groups in total. The second-order valence-electron chi connectivity index (χ2n) is 6.31. The summed E-state index contributed by atoms with van der Waals surface area (Å²) in [5.74, 6) is -4.37. The van der Waals surface area contributed by atoms with Crippen molar-refractivity contribution < 1.29 is 29.6 Å². The number of quaternary nitrogens is 2. The summed E-state index contributed by atoms with van der Waals surface area (Å²) in [6.07, 6.45) is 0. The highest BCUT2D eigenvalue weighted by Gasteiger charge is 1.94. The Bertz CT molecular complexity index is 571. The van der Waals surface area contributed by atoms with E-state index in [0.717, 1.165) is 13.1 Å². The summed E-state index contributed by atoms with van der Waals surface area (Å²) < 4.78 is 0. The molecule has 0 aliphatic carbocycles. The molecule has 0 spiro atoms. The van der Waals surface area contributed by atoms with Crippen molar-refractivity contribution in [2.75, 3.05) is 28.2 Å². The number of benzene rings is 2. The van der Waals surface area contributed by atoms with Gasteiger partial charge in [-0.3, -0.25) is 0 Å². The number of aliphatic carboxylic acids is 2. The number of carbonyl (C=O) groups excluding carboxylic acids is 2. The molecule has 6 heteroatoms. The van der Waals surface area contributed by atoms with Gasteiger partial charge in [-0.25, -0.2) is 0 Å². The van der Waals surface area contributed by atoms with Gasteiger partial charge in [0.15, 0.2) is 0 Å². The van der Waals surface area contributed by atoms with Crippen LogP contribution in [0.2, 0.25) is 0 Å². The van der Waals surface area contributed by atoms with Crippen LogP contribution in [0.4, 0.5) is 0 Å². The minimum Gasteiger partial charge on any atom is -0.543 e. The van der Waals surface area contributed by atoms with E-state index >= 15 is 0 Å². The molecule has 6 nitrogen and oxygen atoms in total. The molecule has 0 fully saturated rings. The first-order valence-electron chi connectivity index (χ1n) is 8.30. The molecule has 0 aliphatic rings. The Morgan fingerprint density at radius 2 is 0.923 bits per heavy atom. The molecule has 0 atom stereocenters. The molecule has 0 saturated heterocycles. The van der Waals surface area contributed by atoms with Gasteiger partial charge in [-0.15, -0.1) is 0 Å². The average Bonchev–Trinajstić information content (AvgIpc) is 2.56. The monoisotopic (exact) mass is 360 g/mol. The van der Waals surface area contributed by atoms with Crippen molar-refractivity contribution >= 4 is 11.9 Å². The number of nitrogens with one attached hydrogen (secondary N) is 2. The minimum atomic E-state index is -2.19. The van der Waals surface area contributed by atoms with Crippen LogP contribution in [-0.2, 0) is 22.7 Å². The predicted molar refractivity (Wildman–Crippen MR) is 95.9 cm³/mol. The summed E-state index contributed by atoms with van der Waals surface area (Å²) in [5.41, 5.74) is 2.81. The minimum absolute atomic E-state index is 1.11. The van der Waals surface area contributed by atoms with Gasteiger partial charge in [-0.2, -0.15) is 0 Å². The molecule has 0 aliphatic heterocycles. The molecular weight excluding hydrogens is 332 g/mol. The largest absolute Gasteiger partial charge is 0.543 e. The highest BCUT2D eigenvalue weighted by atomic mass is 16.4. The lowest BCUT2D eigenvalue weighted by Crippen LogP contribution is -3.04. The topological polar surface area (TPSA) is 89.1 Å². The first kappa shape index (κ1) is 23.3. The van der Waals surface area contributed by atoms with Gasteiger partial charge in [-0.05, 0) is 0 Å². The fourth-order valence-electron chi connectivity index (χ4n) is 2.01. The Morgan fingerprint density at radius 3 is 1.12 bits per heavy atom. The SMILES string of the molecule is C[NH+](C)Cc1ccccc1.C[NH+](C)Cc1ccccc1.O=C([O-])C(=O)[O-]. The van der Waals surface area contributed by atoms with Crippen molar-refractivity contribution in [3.8, 4) is 0 Å². The van der Waals surface area contributed by atoms with E-state index in [-0.39, 0.29) is 0 Å². The fourth-order valence-corrected chi connectivity index (χ4v) is 2.01. The fraction of sp³-hybridized carbons (Fsp3) is 0.300. The predicted octanol–water partition coefficient (Wildman–Crippen LogP) is -2.85. The Balaban J connectivity index is 0.000000375. The summed E-state index contributed by atoms with van der Waals surface area (Å²) in [7, 11) is 8.64. The van der Waals surface area contributed by atoms with E-state index in [4.69, 9.17) is 19.8 Å². The van der Waals surface area contributed by atoms with Gasteiger partial charge in [-0.1, -0.05) is 60.7 Å². The van der Waals surface area contributed by atoms with Gasteiger partial charge in [0.25, 0.3) is 0 Å². The Hall–Kier alpha value is -2.70. The molecule has 0 heterocycles. The summed E-state index contributed by atoms with van der Waals surface area (Å²) in [6.45, 7) is 2.22. The number of rotatable bonds is 4. The summed E-state index contributed by atoms with van der Waals surface area (Å²) in [6, 6.07) is 21.1. The number of carboxylic acid groups (broad SMARTS) is 2. The third kappa shape index (κ3) is 13.7. The van der Waals surface area contributed by atoms with Crippen LogP contribution >= 0.6 is 0 Å². The van der Waals surface area contributed by atoms with Crippen molar-refractivity contribution in [1.82, 2.24) is 0 Å². The molecule has 2 aromatic rings. The molecule has 0 radical (unpaired) electrons. The van der Waals surface area contributed by atoms with Gasteiger partial charge in [0, 0.05) is 11.1 Å². The zero-order valence-electron chi connectivity index (χ0n) is 15.8. The van der Waals surface area contributed by atoms with E-state index in [9.17, 15) is 0 Å². The first-order chi connectivity index (χ1) is 12.2. The molecule has 26 heavy (non-hydrogen) atoms. The molecule has 0 aromatic heterocycles. The molecule has 142 valence electrons. The molecule has 0 bridgehead atoms. The van der Waals surface area contributed by atoms with Crippen LogP contribution in [0.1, 0.15) is 11.1 Å². The lowest BCUT2D eigenvalue weighted by molar-refractivity contribution is -0.872. The Morgan fingerprint density at radius 1 is 0.654 bits per heavy atom. The van der Waals surface area contributed by atoms with E-state index in [1.165, 1.54) is 20.9 Å². The van der Waals surface area contributed by atoms with Crippen LogP contribution in [0.15, 0.2) is 60.7 Å². The van der Waals surface area contributed by atoms with Crippen molar-refractivity contribution in [3.05, 3.63) is 71.8 Å². The van der Waals surface area contributed by atoms with E-state index in [1.54, 1.807) is 0 Å². The number of carbonyl (C=O) groups is 2.